The highest BCUT2D eigenvalue weighted by atomic mass is 79.9. The summed E-state index contributed by atoms with van der Waals surface area (Å²) in [5.41, 5.74) is 1.06. The summed E-state index contributed by atoms with van der Waals surface area (Å²) < 4.78 is 7.28. The maximum Gasteiger partial charge on any atom is 0.261 e. The Labute approximate surface area is 309 Å². The number of hydrogen-bond acceptors (Lipinski definition) is 5. The van der Waals surface area contributed by atoms with Gasteiger partial charge in [-0.25, -0.2) is 0 Å². The van der Waals surface area contributed by atoms with Gasteiger partial charge in [0, 0.05) is 28.5 Å². The molecule has 8 nitrogen and oxygen atoms in total. The van der Waals surface area contributed by atoms with Gasteiger partial charge in [-0.15, -0.1) is 0 Å². The van der Waals surface area contributed by atoms with Gasteiger partial charge in [-0.3, -0.25) is 14.5 Å². The van der Waals surface area contributed by atoms with E-state index in [0.717, 1.165) is 52.3 Å². The zero-order valence-electron chi connectivity index (χ0n) is 30.0. The van der Waals surface area contributed by atoms with Gasteiger partial charge in [0.1, 0.15) is 13.2 Å². The van der Waals surface area contributed by atoms with E-state index in [1.807, 2.05) is 36.4 Å². The van der Waals surface area contributed by atoms with E-state index in [4.69, 9.17) is 9.57 Å². The number of ether oxygens (including phenoxy) is 1. The molecule has 0 N–H and O–H groups in total. The zero-order valence-corrected chi connectivity index (χ0v) is 33.1. The largest absolute Gasteiger partial charge is 1.00 e. The number of carbonyl (C=O) groups excluding carboxylic acids is 2. The lowest BCUT2D eigenvalue weighted by Crippen LogP contribution is -3.00. The number of rotatable bonds is 17. The first kappa shape index (κ1) is 41.7. The van der Waals surface area contributed by atoms with Crippen molar-refractivity contribution >= 4 is 28.5 Å². The summed E-state index contributed by atoms with van der Waals surface area (Å²) in [7, 11) is 9.05. The molecule has 2 aliphatic rings. The SMILES string of the molecule is CC(C)(CN1C(=O)c2cccc3cccc(c23)C1=O)C[N+](C)(C)CCCCCCCCCC[N+](C)(C)CC#CCOC1=NOCC1.[Br-].[Br-]. The van der Waals surface area contributed by atoms with E-state index in [1.165, 1.54) is 56.3 Å². The molecule has 2 aromatic carbocycles. The van der Waals surface area contributed by atoms with Crippen LogP contribution < -0.4 is 34.0 Å². The summed E-state index contributed by atoms with van der Waals surface area (Å²) in [5, 5.41) is 5.56. The van der Waals surface area contributed by atoms with Gasteiger partial charge in [0.15, 0.2) is 6.61 Å². The number of carbonyl (C=O) groups is 2. The Balaban J connectivity index is 0.00000400. The minimum Gasteiger partial charge on any atom is -1.00 e. The quantitative estimate of drug-likeness (QED) is 0.101. The van der Waals surface area contributed by atoms with Gasteiger partial charge in [0.25, 0.3) is 11.8 Å². The number of benzene rings is 2. The van der Waals surface area contributed by atoms with Crippen molar-refractivity contribution in [3.8, 4) is 11.8 Å². The number of amides is 2. The Kier molecular flexibility index (Phi) is 16.6. The fraction of sp³-hybridized carbons (Fsp3) is 0.605. The maximum atomic E-state index is 13.4. The lowest BCUT2D eigenvalue weighted by molar-refractivity contribution is -0.896. The van der Waals surface area contributed by atoms with Crippen molar-refractivity contribution in [3.63, 3.8) is 0 Å². The van der Waals surface area contributed by atoms with Crippen molar-refractivity contribution in [3.05, 3.63) is 47.5 Å². The van der Waals surface area contributed by atoms with Crippen LogP contribution in [0.15, 0.2) is 41.6 Å². The molecular formula is C38H56Br2N4O4. The number of oxime groups is 1. The Bertz CT molecular complexity index is 1410. The van der Waals surface area contributed by atoms with Crippen LogP contribution in [0.5, 0.6) is 0 Å². The molecule has 2 aromatic rings. The number of halogens is 2. The third-order valence-corrected chi connectivity index (χ3v) is 9.09. The predicted molar refractivity (Wildman–Crippen MR) is 185 cm³/mol. The summed E-state index contributed by atoms with van der Waals surface area (Å²) in [5.74, 6) is 6.66. The molecule has 0 saturated carbocycles. The highest BCUT2D eigenvalue weighted by molar-refractivity contribution is 6.25. The van der Waals surface area contributed by atoms with Crippen LogP contribution in [-0.2, 0) is 9.57 Å². The van der Waals surface area contributed by atoms with Crippen molar-refractivity contribution < 1.29 is 62.1 Å². The summed E-state index contributed by atoms with van der Waals surface area (Å²) in [6, 6.07) is 11.4. The fourth-order valence-corrected chi connectivity index (χ4v) is 6.99. The van der Waals surface area contributed by atoms with E-state index >= 15 is 0 Å². The molecule has 0 spiro atoms. The monoisotopic (exact) mass is 790 g/mol. The van der Waals surface area contributed by atoms with E-state index in [-0.39, 0.29) is 51.2 Å². The molecular weight excluding hydrogens is 736 g/mol. The van der Waals surface area contributed by atoms with Gasteiger partial charge in [-0.2, -0.15) is 0 Å². The van der Waals surface area contributed by atoms with E-state index < -0.39 is 0 Å². The normalized spacial score (nSPS) is 14.5. The topological polar surface area (TPSA) is 68.2 Å². The first-order chi connectivity index (χ1) is 21.9. The number of hydrogen-bond donors (Lipinski definition) is 0. The summed E-state index contributed by atoms with van der Waals surface area (Å²) in [6.07, 6.45) is 10.9. The Morgan fingerprint density at radius 1 is 0.812 bits per heavy atom. The highest BCUT2D eigenvalue weighted by Crippen LogP contribution is 2.32. The average Bonchev–Trinajstić information content (AvgIpc) is 3.52. The van der Waals surface area contributed by atoms with Gasteiger partial charge >= 0.3 is 0 Å². The van der Waals surface area contributed by atoms with Gasteiger partial charge in [-0.05, 0) is 49.1 Å². The summed E-state index contributed by atoms with van der Waals surface area (Å²) in [4.78, 5) is 33.3. The van der Waals surface area contributed by atoms with Gasteiger partial charge in [0.05, 0.1) is 54.2 Å². The molecule has 0 unspecified atom stereocenters. The van der Waals surface area contributed by atoms with Crippen LogP contribution in [-0.4, -0.2) is 106 Å². The molecule has 2 amide bonds. The van der Waals surface area contributed by atoms with E-state index in [0.29, 0.717) is 36.8 Å². The molecule has 0 aliphatic carbocycles. The third kappa shape index (κ3) is 12.5. The first-order valence-electron chi connectivity index (χ1n) is 17.2. The summed E-state index contributed by atoms with van der Waals surface area (Å²) >= 11 is 0. The molecule has 2 heterocycles. The first-order valence-corrected chi connectivity index (χ1v) is 17.2. The number of imide groups is 1. The van der Waals surface area contributed by atoms with Crippen LogP contribution in [0.2, 0.25) is 0 Å². The van der Waals surface area contributed by atoms with Crippen molar-refractivity contribution in [2.75, 3.05) is 74.1 Å². The van der Waals surface area contributed by atoms with Gasteiger partial charge < -0.3 is 52.5 Å². The molecule has 0 aromatic heterocycles. The molecule has 0 radical (unpaired) electrons. The third-order valence-electron chi connectivity index (χ3n) is 9.09. The van der Waals surface area contributed by atoms with Crippen molar-refractivity contribution in [1.82, 2.24) is 4.90 Å². The highest BCUT2D eigenvalue weighted by Gasteiger charge is 2.38. The van der Waals surface area contributed by atoms with Crippen molar-refractivity contribution in [2.24, 2.45) is 10.6 Å². The number of unbranched alkanes of at least 4 members (excludes halogenated alkanes) is 7. The summed E-state index contributed by atoms with van der Waals surface area (Å²) in [6.45, 7) is 9.74. The second kappa shape index (κ2) is 19.1. The molecule has 0 saturated heterocycles. The molecule has 4 rings (SSSR count). The van der Waals surface area contributed by atoms with Crippen LogP contribution in [0.4, 0.5) is 0 Å². The fourth-order valence-electron chi connectivity index (χ4n) is 6.99. The second-order valence-corrected chi connectivity index (χ2v) is 15.2. The average molecular weight is 793 g/mol. The van der Waals surface area contributed by atoms with E-state index in [9.17, 15) is 9.59 Å². The van der Waals surface area contributed by atoms with Crippen LogP contribution in [0.1, 0.15) is 92.4 Å². The van der Waals surface area contributed by atoms with E-state index in [2.05, 4.69) is 59.0 Å². The van der Waals surface area contributed by atoms with Crippen LogP contribution in [0, 0.1) is 17.3 Å². The van der Waals surface area contributed by atoms with Gasteiger partial charge in [-0.1, -0.05) is 74.9 Å². The van der Waals surface area contributed by atoms with E-state index in [1.54, 1.807) is 0 Å². The van der Waals surface area contributed by atoms with Crippen LogP contribution in [0.3, 0.4) is 0 Å². The molecule has 0 fully saturated rings. The minimum absolute atomic E-state index is 0. The predicted octanol–water partition coefficient (Wildman–Crippen LogP) is 0.497. The Morgan fingerprint density at radius 3 is 1.90 bits per heavy atom. The zero-order chi connectivity index (χ0) is 33.2. The second-order valence-electron chi connectivity index (χ2n) is 15.2. The van der Waals surface area contributed by atoms with Gasteiger partial charge in [0.2, 0.25) is 5.90 Å². The number of quaternary nitrogens is 2. The lowest BCUT2D eigenvalue weighted by atomic mass is 9.88. The molecule has 10 heteroatoms. The molecule has 48 heavy (non-hydrogen) atoms. The standard InChI is InChI=1S/C38H56N4O4.2BrH/c1-38(2,29-40-36(43)32-21-17-19-31-20-18-22-33(35(31)32)37(40)44)30-42(5,6)26-14-12-10-8-7-9-11-13-24-41(3,4)25-15-16-27-45-34-23-28-46-39-34;;/h17-22H,7-14,23-30H2,1-6H3;2*1H/q+2;;/p-2. The van der Waals surface area contributed by atoms with Crippen LogP contribution in [0.25, 0.3) is 10.8 Å². The molecule has 0 bridgehead atoms. The molecule has 2 aliphatic heterocycles. The molecule has 0 atom stereocenters. The Hall–Kier alpha value is -2.45. The Morgan fingerprint density at radius 2 is 1.35 bits per heavy atom. The molecule has 266 valence electrons. The minimum atomic E-state index is -0.205. The van der Waals surface area contributed by atoms with Crippen LogP contribution >= 0.6 is 0 Å². The maximum absolute atomic E-state index is 13.4. The lowest BCUT2D eigenvalue weighted by Gasteiger charge is -2.40. The van der Waals surface area contributed by atoms with Crippen molar-refractivity contribution in [2.45, 2.75) is 71.6 Å². The van der Waals surface area contributed by atoms with Crippen molar-refractivity contribution in [1.29, 1.82) is 0 Å². The smallest absolute Gasteiger partial charge is 0.261 e. The number of nitrogens with zero attached hydrogens (tertiary/aromatic N) is 4.